The van der Waals surface area contributed by atoms with E-state index in [4.69, 9.17) is 5.26 Å². The number of nitriles is 1. The molecule has 0 spiro atoms. The van der Waals surface area contributed by atoms with E-state index in [-0.39, 0.29) is 5.25 Å². The second-order valence-electron chi connectivity index (χ2n) is 7.70. The summed E-state index contributed by atoms with van der Waals surface area (Å²) in [6, 6.07) is 18.9. The molecule has 0 amide bonds. The van der Waals surface area contributed by atoms with Crippen molar-refractivity contribution in [2.24, 2.45) is 5.92 Å². The van der Waals surface area contributed by atoms with Crippen LogP contribution in [0.3, 0.4) is 0 Å². The number of nitrogens with zero attached hydrogens (tertiary/aromatic N) is 1. The van der Waals surface area contributed by atoms with Crippen molar-refractivity contribution in [3.63, 3.8) is 0 Å². The average molecular weight is 384 g/mol. The second-order valence-corrected chi connectivity index (χ2v) is 10.3. The van der Waals surface area contributed by atoms with Crippen LogP contribution in [-0.4, -0.2) is 19.9 Å². The van der Waals surface area contributed by atoms with Crippen molar-refractivity contribution >= 4 is 9.84 Å². The average Bonchev–Trinajstić information content (AvgIpc) is 3.08. The minimum absolute atomic E-state index is 0.229. The summed E-state index contributed by atoms with van der Waals surface area (Å²) in [4.78, 5) is 0. The maximum atomic E-state index is 10.3. The SMILES string of the molecule is CC(C)S(C)(=O)=O.CC1CCCC1c1ccc(-c2ccc(C#N)cc2)cc1. The first kappa shape index (κ1) is 21.2. The molecule has 2 unspecified atom stereocenters. The topological polar surface area (TPSA) is 57.9 Å². The summed E-state index contributed by atoms with van der Waals surface area (Å²) in [5, 5.41) is 8.60. The van der Waals surface area contributed by atoms with Gasteiger partial charge >= 0.3 is 0 Å². The molecule has 0 bridgehead atoms. The van der Waals surface area contributed by atoms with E-state index in [0.29, 0.717) is 5.56 Å². The molecule has 1 aliphatic carbocycles. The molecule has 27 heavy (non-hydrogen) atoms. The van der Waals surface area contributed by atoms with Crippen molar-refractivity contribution in [3.8, 4) is 17.2 Å². The van der Waals surface area contributed by atoms with Gasteiger partial charge in [-0.2, -0.15) is 5.26 Å². The number of sulfone groups is 1. The lowest BCUT2D eigenvalue weighted by Gasteiger charge is -2.16. The summed E-state index contributed by atoms with van der Waals surface area (Å²) >= 11 is 0. The Morgan fingerprint density at radius 1 is 0.963 bits per heavy atom. The molecule has 3 nitrogen and oxygen atoms in total. The maximum absolute atomic E-state index is 10.3. The van der Waals surface area contributed by atoms with Gasteiger partial charge in [-0.05, 0) is 60.9 Å². The maximum Gasteiger partial charge on any atom is 0.149 e. The molecule has 2 aromatic carbocycles. The van der Waals surface area contributed by atoms with Gasteiger partial charge in [0, 0.05) is 6.26 Å². The molecule has 0 heterocycles. The Morgan fingerprint density at radius 2 is 1.44 bits per heavy atom. The van der Waals surface area contributed by atoms with Crippen molar-refractivity contribution in [3.05, 3.63) is 59.7 Å². The van der Waals surface area contributed by atoms with Crippen molar-refractivity contribution in [2.45, 2.75) is 51.2 Å². The highest BCUT2D eigenvalue weighted by Gasteiger charge is 2.24. The van der Waals surface area contributed by atoms with Crippen LogP contribution in [0.15, 0.2) is 48.5 Å². The summed E-state index contributed by atoms with van der Waals surface area (Å²) in [6.07, 6.45) is 5.29. The van der Waals surface area contributed by atoms with E-state index in [1.165, 1.54) is 42.2 Å². The Bertz CT molecular complexity index is 875. The quantitative estimate of drug-likeness (QED) is 0.696. The van der Waals surface area contributed by atoms with Crippen LogP contribution in [0, 0.1) is 17.2 Å². The first-order chi connectivity index (χ1) is 12.7. The third-order valence-corrected chi connectivity index (χ3v) is 7.12. The summed E-state index contributed by atoms with van der Waals surface area (Å²) < 4.78 is 20.7. The highest BCUT2D eigenvalue weighted by atomic mass is 32.2. The molecular formula is C23H29NO2S. The van der Waals surface area contributed by atoms with Crippen LogP contribution in [0.25, 0.3) is 11.1 Å². The van der Waals surface area contributed by atoms with Gasteiger partial charge in [0.2, 0.25) is 0 Å². The Morgan fingerprint density at radius 3 is 1.81 bits per heavy atom. The van der Waals surface area contributed by atoms with Gasteiger partial charge < -0.3 is 0 Å². The number of hydrogen-bond donors (Lipinski definition) is 0. The van der Waals surface area contributed by atoms with Gasteiger partial charge in [-0.1, -0.05) is 56.2 Å². The Labute approximate surface area is 164 Å². The summed E-state index contributed by atoms with van der Waals surface area (Å²) in [5.41, 5.74) is 4.59. The molecule has 0 aliphatic heterocycles. The van der Waals surface area contributed by atoms with Gasteiger partial charge in [0.1, 0.15) is 9.84 Å². The first-order valence-corrected chi connectivity index (χ1v) is 11.5. The molecule has 1 aliphatic rings. The Kier molecular flexibility index (Phi) is 7.21. The van der Waals surface area contributed by atoms with Crippen LogP contribution in [-0.2, 0) is 9.84 Å². The number of benzene rings is 2. The third kappa shape index (κ3) is 5.94. The molecule has 1 saturated carbocycles. The van der Waals surface area contributed by atoms with Crippen molar-refractivity contribution < 1.29 is 8.42 Å². The second kappa shape index (κ2) is 9.19. The fourth-order valence-electron chi connectivity index (χ4n) is 3.30. The smallest absolute Gasteiger partial charge is 0.149 e. The van der Waals surface area contributed by atoms with Gasteiger partial charge in [0.25, 0.3) is 0 Å². The molecule has 2 aromatic rings. The van der Waals surface area contributed by atoms with Gasteiger partial charge in [0.15, 0.2) is 0 Å². The van der Waals surface area contributed by atoms with Crippen LogP contribution in [0.5, 0.6) is 0 Å². The van der Waals surface area contributed by atoms with E-state index in [1.54, 1.807) is 13.8 Å². The van der Waals surface area contributed by atoms with Crippen molar-refractivity contribution in [1.29, 1.82) is 5.26 Å². The normalized spacial score (nSPS) is 19.3. The standard InChI is InChI=1S/C19H19N.C4H10O2S/c1-14-3-2-4-19(14)18-11-9-17(10-12-18)16-7-5-15(13-20)6-8-16;1-4(2)7(3,5)6/h5-12,14,19H,2-4H2,1H3;4H,1-3H3. The number of rotatable bonds is 3. The van der Waals surface area contributed by atoms with E-state index in [2.05, 4.69) is 37.3 Å². The Hall–Kier alpha value is -2.12. The van der Waals surface area contributed by atoms with E-state index in [0.717, 1.165) is 11.8 Å². The third-order valence-electron chi connectivity index (χ3n) is 5.40. The largest absolute Gasteiger partial charge is 0.229 e. The van der Waals surface area contributed by atoms with Gasteiger partial charge in [-0.15, -0.1) is 0 Å². The predicted molar refractivity (Wildman–Crippen MR) is 112 cm³/mol. The van der Waals surface area contributed by atoms with Gasteiger partial charge in [-0.25, -0.2) is 8.42 Å². The Balaban J connectivity index is 0.000000321. The minimum atomic E-state index is -2.74. The van der Waals surface area contributed by atoms with E-state index in [1.807, 2.05) is 24.3 Å². The molecule has 4 heteroatoms. The predicted octanol–water partition coefficient (Wildman–Crippen LogP) is 5.57. The van der Waals surface area contributed by atoms with Crippen LogP contribution in [0.4, 0.5) is 0 Å². The van der Waals surface area contributed by atoms with Crippen molar-refractivity contribution in [2.75, 3.05) is 6.26 Å². The van der Waals surface area contributed by atoms with Gasteiger partial charge in [0.05, 0.1) is 16.9 Å². The van der Waals surface area contributed by atoms with Crippen molar-refractivity contribution in [1.82, 2.24) is 0 Å². The van der Waals surface area contributed by atoms with Crippen LogP contribution in [0.1, 0.15) is 57.1 Å². The molecular weight excluding hydrogens is 354 g/mol. The first-order valence-electron chi connectivity index (χ1n) is 9.51. The summed E-state index contributed by atoms with van der Waals surface area (Å²) in [5.74, 6) is 1.56. The van der Waals surface area contributed by atoms with Gasteiger partial charge in [-0.3, -0.25) is 0 Å². The zero-order valence-electron chi connectivity index (χ0n) is 16.6. The minimum Gasteiger partial charge on any atom is -0.229 e. The molecule has 0 saturated heterocycles. The molecule has 0 aromatic heterocycles. The summed E-state index contributed by atoms with van der Waals surface area (Å²) in [7, 11) is -2.74. The fourth-order valence-corrected chi connectivity index (χ4v) is 3.30. The van der Waals surface area contributed by atoms with E-state index < -0.39 is 9.84 Å². The lowest BCUT2D eigenvalue weighted by Crippen LogP contribution is -2.10. The monoisotopic (exact) mass is 383 g/mol. The lowest BCUT2D eigenvalue weighted by molar-refractivity contribution is 0.533. The summed E-state index contributed by atoms with van der Waals surface area (Å²) in [6.45, 7) is 5.69. The van der Waals surface area contributed by atoms with Crippen LogP contribution >= 0.6 is 0 Å². The molecule has 2 atom stereocenters. The van der Waals surface area contributed by atoms with E-state index >= 15 is 0 Å². The number of hydrogen-bond acceptors (Lipinski definition) is 3. The zero-order chi connectivity index (χ0) is 20.0. The molecule has 0 radical (unpaired) electrons. The molecule has 144 valence electrons. The van der Waals surface area contributed by atoms with Crippen LogP contribution < -0.4 is 0 Å². The molecule has 3 rings (SSSR count). The van der Waals surface area contributed by atoms with Crippen LogP contribution in [0.2, 0.25) is 0 Å². The fraction of sp³-hybridized carbons (Fsp3) is 0.435. The van der Waals surface area contributed by atoms with E-state index in [9.17, 15) is 8.42 Å². The molecule has 1 fully saturated rings. The highest BCUT2D eigenvalue weighted by Crippen LogP contribution is 2.39. The zero-order valence-corrected chi connectivity index (χ0v) is 17.5. The lowest BCUT2D eigenvalue weighted by atomic mass is 9.89. The highest BCUT2D eigenvalue weighted by molar-refractivity contribution is 7.91. The molecule has 0 N–H and O–H groups in total.